The predicted molar refractivity (Wildman–Crippen MR) is 81.8 cm³/mol. The van der Waals surface area contributed by atoms with Crippen molar-refractivity contribution in [2.45, 2.75) is 50.3 Å². The second-order valence-electron chi connectivity index (χ2n) is 6.63. The lowest BCUT2D eigenvalue weighted by Gasteiger charge is -2.44. The predicted octanol–water partition coefficient (Wildman–Crippen LogP) is 1.44. The fraction of sp³-hybridized carbons (Fsp3) is 0.529. The first-order valence-electron chi connectivity index (χ1n) is 8.05. The van der Waals surface area contributed by atoms with Gasteiger partial charge in [-0.05, 0) is 25.3 Å². The summed E-state index contributed by atoms with van der Waals surface area (Å²) in [6, 6.07) is 2.57. The van der Waals surface area contributed by atoms with E-state index in [4.69, 9.17) is 0 Å². The average molecular weight is 338 g/mol. The summed E-state index contributed by atoms with van der Waals surface area (Å²) in [7, 11) is 0. The van der Waals surface area contributed by atoms with Gasteiger partial charge < -0.3 is 15.3 Å². The molecule has 7 heteroatoms. The molecule has 1 heterocycles. The zero-order chi connectivity index (χ0) is 17.5. The molecule has 0 aromatic heterocycles. The number of aliphatic hydroxyl groups excluding tert-OH is 1. The van der Waals surface area contributed by atoms with E-state index in [1.165, 1.54) is 24.0 Å². The molecule has 1 saturated carbocycles. The number of nitrogens with zero attached hydrogens (tertiary/aromatic N) is 1. The van der Waals surface area contributed by atoms with Gasteiger partial charge in [0, 0.05) is 31.5 Å². The van der Waals surface area contributed by atoms with Crippen LogP contribution in [0, 0.1) is 11.6 Å². The third kappa shape index (κ3) is 2.88. The third-order valence-electron chi connectivity index (χ3n) is 5.00. The number of hydrogen-bond acceptors (Lipinski definition) is 3. The quantitative estimate of drug-likeness (QED) is 0.876. The Morgan fingerprint density at radius 2 is 2.04 bits per heavy atom. The van der Waals surface area contributed by atoms with E-state index in [2.05, 4.69) is 5.32 Å². The van der Waals surface area contributed by atoms with Crippen LogP contribution in [0.4, 0.5) is 8.78 Å². The molecule has 1 aromatic rings. The SMILES string of the molecule is CC(=O)N1C[C@H](O)C[C@@H]1C(=O)NC1(c2ccc(F)cc2F)CCC1. The first-order chi connectivity index (χ1) is 11.3. The van der Waals surface area contributed by atoms with E-state index >= 15 is 0 Å². The summed E-state index contributed by atoms with van der Waals surface area (Å²) in [5.41, 5.74) is -0.610. The second kappa shape index (κ2) is 6.12. The highest BCUT2D eigenvalue weighted by atomic mass is 19.1. The maximum Gasteiger partial charge on any atom is 0.243 e. The Morgan fingerprint density at radius 1 is 1.33 bits per heavy atom. The Kier molecular flexibility index (Phi) is 4.29. The Balaban J connectivity index is 1.82. The zero-order valence-corrected chi connectivity index (χ0v) is 13.4. The fourth-order valence-electron chi connectivity index (χ4n) is 3.60. The summed E-state index contributed by atoms with van der Waals surface area (Å²) in [6.45, 7) is 1.46. The van der Waals surface area contributed by atoms with Crippen LogP contribution in [0.3, 0.4) is 0 Å². The van der Waals surface area contributed by atoms with Gasteiger partial charge in [0.1, 0.15) is 17.7 Å². The summed E-state index contributed by atoms with van der Waals surface area (Å²) in [5.74, 6) is -2.06. The van der Waals surface area contributed by atoms with Gasteiger partial charge in [0.15, 0.2) is 0 Å². The first-order valence-corrected chi connectivity index (χ1v) is 8.05. The summed E-state index contributed by atoms with van der Waals surface area (Å²) in [4.78, 5) is 25.6. The maximum absolute atomic E-state index is 14.2. The molecule has 0 unspecified atom stereocenters. The van der Waals surface area contributed by atoms with Gasteiger partial charge >= 0.3 is 0 Å². The number of nitrogens with one attached hydrogen (secondary N) is 1. The molecule has 2 fully saturated rings. The molecular formula is C17H20F2N2O3. The number of carbonyl (C=O) groups excluding carboxylic acids is 2. The molecule has 5 nitrogen and oxygen atoms in total. The summed E-state index contributed by atoms with van der Waals surface area (Å²) < 4.78 is 27.3. The molecule has 1 aromatic carbocycles. The molecule has 0 radical (unpaired) electrons. The number of benzene rings is 1. The van der Waals surface area contributed by atoms with Crippen LogP contribution in [-0.4, -0.2) is 40.5 Å². The molecule has 0 spiro atoms. The van der Waals surface area contributed by atoms with Crippen LogP contribution in [-0.2, 0) is 15.1 Å². The van der Waals surface area contributed by atoms with Gasteiger partial charge in [-0.3, -0.25) is 9.59 Å². The Labute approximate surface area is 138 Å². The lowest BCUT2D eigenvalue weighted by molar-refractivity contribution is -0.138. The summed E-state index contributed by atoms with van der Waals surface area (Å²) in [5, 5.41) is 12.6. The number of halogens is 2. The van der Waals surface area contributed by atoms with Crippen molar-refractivity contribution in [1.29, 1.82) is 0 Å². The van der Waals surface area contributed by atoms with Crippen LogP contribution in [0.25, 0.3) is 0 Å². The largest absolute Gasteiger partial charge is 0.391 e. The number of hydrogen-bond donors (Lipinski definition) is 2. The fourth-order valence-corrected chi connectivity index (χ4v) is 3.60. The van der Waals surface area contributed by atoms with Gasteiger partial charge in [0.2, 0.25) is 11.8 Å². The van der Waals surface area contributed by atoms with Crippen molar-refractivity contribution in [3.63, 3.8) is 0 Å². The highest BCUT2D eigenvalue weighted by Crippen LogP contribution is 2.42. The van der Waals surface area contributed by atoms with Crippen LogP contribution < -0.4 is 5.32 Å². The van der Waals surface area contributed by atoms with Crippen LogP contribution in [0.15, 0.2) is 18.2 Å². The van der Waals surface area contributed by atoms with E-state index in [0.29, 0.717) is 12.8 Å². The molecule has 2 aliphatic rings. The molecular weight excluding hydrogens is 318 g/mol. The standard InChI is InChI=1S/C17H20F2N2O3/c1-10(22)21-9-12(23)8-15(21)16(24)20-17(5-2-6-17)13-4-3-11(18)7-14(13)19/h3-4,7,12,15,23H,2,5-6,8-9H2,1H3,(H,20,24)/t12-,15-/m1/s1. The first kappa shape index (κ1) is 16.8. The summed E-state index contributed by atoms with van der Waals surface area (Å²) in [6.07, 6.45) is 1.34. The van der Waals surface area contributed by atoms with Crippen molar-refractivity contribution < 1.29 is 23.5 Å². The summed E-state index contributed by atoms with van der Waals surface area (Å²) >= 11 is 0. The van der Waals surface area contributed by atoms with Crippen molar-refractivity contribution in [2.24, 2.45) is 0 Å². The maximum atomic E-state index is 14.2. The minimum Gasteiger partial charge on any atom is -0.391 e. The number of β-amino-alcohol motifs (C(OH)–C–C–N with tert-alkyl or cyclic N) is 1. The van der Waals surface area contributed by atoms with E-state index in [9.17, 15) is 23.5 Å². The van der Waals surface area contributed by atoms with E-state index in [1.807, 2.05) is 0 Å². The number of rotatable bonds is 3. The second-order valence-corrected chi connectivity index (χ2v) is 6.63. The Hall–Kier alpha value is -2.02. The molecule has 3 rings (SSSR count). The molecule has 2 amide bonds. The number of amides is 2. The van der Waals surface area contributed by atoms with Crippen LogP contribution in [0.1, 0.15) is 38.2 Å². The molecule has 24 heavy (non-hydrogen) atoms. The minimum absolute atomic E-state index is 0.116. The van der Waals surface area contributed by atoms with Gasteiger partial charge in [-0.1, -0.05) is 6.07 Å². The van der Waals surface area contributed by atoms with E-state index in [-0.39, 0.29) is 24.4 Å². The van der Waals surface area contributed by atoms with Gasteiger partial charge in [-0.15, -0.1) is 0 Å². The van der Waals surface area contributed by atoms with Crippen molar-refractivity contribution in [1.82, 2.24) is 10.2 Å². The van der Waals surface area contributed by atoms with Gasteiger partial charge in [0.05, 0.1) is 11.6 Å². The molecule has 0 bridgehead atoms. The number of carbonyl (C=O) groups is 2. The molecule has 130 valence electrons. The average Bonchev–Trinajstić information content (AvgIpc) is 2.86. The van der Waals surface area contributed by atoms with Gasteiger partial charge in [0.25, 0.3) is 0 Å². The highest BCUT2D eigenvalue weighted by Gasteiger charge is 2.45. The van der Waals surface area contributed by atoms with E-state index < -0.39 is 35.2 Å². The van der Waals surface area contributed by atoms with E-state index in [1.54, 1.807) is 0 Å². The molecule has 2 atom stereocenters. The van der Waals surface area contributed by atoms with Gasteiger partial charge in [-0.2, -0.15) is 0 Å². The third-order valence-corrected chi connectivity index (χ3v) is 5.00. The topological polar surface area (TPSA) is 69.6 Å². The van der Waals surface area contributed by atoms with Crippen molar-refractivity contribution >= 4 is 11.8 Å². The lowest BCUT2D eigenvalue weighted by Crippen LogP contribution is -2.56. The molecule has 1 aliphatic carbocycles. The lowest BCUT2D eigenvalue weighted by atomic mass is 9.71. The van der Waals surface area contributed by atoms with Crippen molar-refractivity contribution in [3.8, 4) is 0 Å². The van der Waals surface area contributed by atoms with Crippen molar-refractivity contribution in [2.75, 3.05) is 6.54 Å². The highest BCUT2D eigenvalue weighted by molar-refractivity contribution is 5.88. The monoisotopic (exact) mass is 338 g/mol. The Bertz CT molecular complexity index is 676. The van der Waals surface area contributed by atoms with Crippen LogP contribution >= 0.6 is 0 Å². The van der Waals surface area contributed by atoms with Crippen LogP contribution in [0.2, 0.25) is 0 Å². The van der Waals surface area contributed by atoms with Crippen molar-refractivity contribution in [3.05, 3.63) is 35.4 Å². The molecule has 1 aliphatic heterocycles. The number of likely N-dealkylation sites (tertiary alicyclic amines) is 1. The van der Waals surface area contributed by atoms with E-state index in [0.717, 1.165) is 12.5 Å². The smallest absolute Gasteiger partial charge is 0.243 e. The number of aliphatic hydroxyl groups is 1. The molecule has 1 saturated heterocycles. The zero-order valence-electron chi connectivity index (χ0n) is 13.4. The normalized spacial score (nSPS) is 25.2. The van der Waals surface area contributed by atoms with Crippen LogP contribution in [0.5, 0.6) is 0 Å². The minimum atomic E-state index is -0.870. The Morgan fingerprint density at radius 3 is 2.58 bits per heavy atom. The van der Waals surface area contributed by atoms with Gasteiger partial charge in [-0.25, -0.2) is 8.78 Å². The molecule has 2 N–H and O–H groups in total.